The van der Waals surface area contributed by atoms with Gasteiger partial charge in [0.2, 0.25) is 0 Å². The Bertz CT molecular complexity index is 352. The molecule has 0 bridgehead atoms. The zero-order valence-corrected chi connectivity index (χ0v) is 9.87. The van der Waals surface area contributed by atoms with E-state index < -0.39 is 0 Å². The van der Waals surface area contributed by atoms with Crippen molar-refractivity contribution in [1.82, 2.24) is 0 Å². The first kappa shape index (κ1) is 12.1. The van der Waals surface area contributed by atoms with Gasteiger partial charge in [-0.05, 0) is 0 Å². The van der Waals surface area contributed by atoms with Gasteiger partial charge < -0.3 is 0 Å². The third-order valence-corrected chi connectivity index (χ3v) is 2.08. The van der Waals surface area contributed by atoms with E-state index in [2.05, 4.69) is 27.7 Å². The van der Waals surface area contributed by atoms with Gasteiger partial charge in [0.15, 0.2) is 0 Å². The Morgan fingerprint density at radius 3 is 2.67 bits per heavy atom. The first-order valence-electron chi connectivity index (χ1n) is 4.88. The van der Waals surface area contributed by atoms with Crippen LogP contribution >= 0.6 is 0 Å². The van der Waals surface area contributed by atoms with E-state index in [1.54, 1.807) is 0 Å². The molecule has 0 aliphatic heterocycles. The fraction of sp³-hybridized carbons (Fsp3) is 0.154. The average molecular weight is 241 g/mol. The Kier molecular flexibility index (Phi) is 5.94. The Hall–Kier alpha value is -0.951. The van der Waals surface area contributed by atoms with E-state index in [-0.39, 0.29) is 0 Å². The third-order valence-electron chi connectivity index (χ3n) is 1.71. The van der Waals surface area contributed by atoms with E-state index in [0.717, 1.165) is 4.60 Å². The van der Waals surface area contributed by atoms with Crippen molar-refractivity contribution in [2.45, 2.75) is 6.92 Å². The van der Waals surface area contributed by atoms with Crippen molar-refractivity contribution in [3.05, 3.63) is 54.1 Å². The number of benzene rings is 1. The third kappa shape index (κ3) is 5.48. The molecule has 0 spiro atoms. The summed E-state index contributed by atoms with van der Waals surface area (Å²) in [5, 5.41) is 0. The van der Waals surface area contributed by atoms with Crippen LogP contribution in [0.25, 0.3) is 6.08 Å². The van der Waals surface area contributed by atoms with Gasteiger partial charge in [-0.25, -0.2) is 0 Å². The summed E-state index contributed by atoms with van der Waals surface area (Å²) in [5.41, 5.74) is 1.19. The van der Waals surface area contributed by atoms with Crippen LogP contribution in [0.2, 0.25) is 0 Å². The molecule has 2 heteroatoms. The van der Waals surface area contributed by atoms with Crippen LogP contribution < -0.4 is 0 Å². The molecule has 0 unspecified atom stereocenters. The van der Waals surface area contributed by atoms with Crippen molar-refractivity contribution >= 4 is 10.7 Å². The van der Waals surface area contributed by atoms with Crippen LogP contribution in [0, 0.1) is 0 Å². The minimum absolute atomic E-state index is 0.674. The van der Waals surface area contributed by atoms with Gasteiger partial charge in [-0.1, -0.05) is 0 Å². The monoisotopic (exact) mass is 241 g/mol. The second kappa shape index (κ2) is 7.36. The van der Waals surface area contributed by atoms with E-state index in [9.17, 15) is 0 Å². The Labute approximate surface area is 98.8 Å². The Morgan fingerprint density at radius 2 is 2.00 bits per heavy atom. The molecule has 0 saturated heterocycles. The van der Waals surface area contributed by atoms with Gasteiger partial charge in [-0.3, -0.25) is 0 Å². The molecule has 1 aromatic rings. The van der Waals surface area contributed by atoms with E-state index >= 15 is 0 Å². The van der Waals surface area contributed by atoms with E-state index in [4.69, 9.17) is 4.74 Å². The predicted molar refractivity (Wildman–Crippen MR) is 61.2 cm³/mol. The second-order valence-corrected chi connectivity index (χ2v) is 3.45. The van der Waals surface area contributed by atoms with Crippen LogP contribution in [0.5, 0.6) is 0 Å². The number of hydrogen-bond donors (Lipinski definition) is 0. The molecule has 0 aliphatic rings. The van der Waals surface area contributed by atoms with E-state index in [1.165, 1.54) is 5.56 Å². The van der Waals surface area contributed by atoms with Crippen LogP contribution in [0.15, 0.2) is 48.6 Å². The molecule has 0 aliphatic carbocycles. The van der Waals surface area contributed by atoms with E-state index in [0.29, 0.717) is 6.61 Å². The molecule has 0 fully saturated rings. The summed E-state index contributed by atoms with van der Waals surface area (Å²) in [6, 6.07) is 10.2. The molecule has 1 aromatic carbocycles. The topological polar surface area (TPSA) is 9.23 Å². The van der Waals surface area contributed by atoms with Gasteiger partial charge in [-0.2, -0.15) is 0 Å². The minimum atomic E-state index is 0.674. The summed E-state index contributed by atoms with van der Waals surface area (Å²) in [6.45, 7) is 2.63. The Morgan fingerprint density at radius 1 is 1.27 bits per heavy atom. The quantitative estimate of drug-likeness (QED) is 0.569. The van der Waals surface area contributed by atoms with Gasteiger partial charge in [0.1, 0.15) is 0 Å². The van der Waals surface area contributed by atoms with Gasteiger partial charge in [0, 0.05) is 0 Å². The summed E-state index contributed by atoms with van der Waals surface area (Å²) in [4.78, 5) is 0. The van der Waals surface area contributed by atoms with Gasteiger partial charge in [0.25, 0.3) is 0 Å². The molecule has 0 heterocycles. The molecular formula is C13H14MnO. The predicted octanol–water partition coefficient (Wildman–Crippen LogP) is 2.97. The number of allylic oxidation sites excluding steroid dienone is 2. The molecule has 0 N–H and O–H groups in total. The zero-order chi connectivity index (χ0) is 10.9. The summed E-state index contributed by atoms with van der Waals surface area (Å²) in [6.07, 6.45) is 7.84. The molecule has 79 valence electrons. The van der Waals surface area contributed by atoms with Crippen LogP contribution in [-0.4, -0.2) is 11.2 Å². The van der Waals surface area contributed by atoms with Crippen molar-refractivity contribution in [3.63, 3.8) is 0 Å². The average Bonchev–Trinajstić information content (AvgIpc) is 2.26. The normalized spacial score (nSPS) is 11.3. The molecule has 0 atom stereocenters. The summed E-state index contributed by atoms with van der Waals surface area (Å²) < 4.78 is 5.96. The van der Waals surface area contributed by atoms with Crippen molar-refractivity contribution in [2.75, 3.05) is 6.61 Å². The molecule has 1 nitrogen and oxygen atoms in total. The van der Waals surface area contributed by atoms with Crippen LogP contribution in [0.1, 0.15) is 12.5 Å². The maximum absolute atomic E-state index is 5.21. The zero-order valence-electron chi connectivity index (χ0n) is 8.69. The SMILES string of the molecule is CCO[C](=[Mn])/C=C/C=C/c1ccccc1. The standard InChI is InChI=1S/C13H14O.Mn/c1-2-14-12-8-4-7-11-13-9-5-3-6-10-13;/h3-11H,2H2,1H3;/b8-4+,11-7+;. The van der Waals surface area contributed by atoms with Crippen LogP contribution in [-0.2, 0) is 20.3 Å². The summed E-state index contributed by atoms with van der Waals surface area (Å²) >= 11 is 3.30. The molecule has 0 radical (unpaired) electrons. The summed E-state index contributed by atoms with van der Waals surface area (Å²) in [5.74, 6) is 0. The van der Waals surface area contributed by atoms with Gasteiger partial charge in [0.05, 0.1) is 0 Å². The fourth-order valence-electron chi connectivity index (χ4n) is 1.05. The van der Waals surface area contributed by atoms with Crippen molar-refractivity contribution in [3.8, 4) is 0 Å². The molecule has 0 aromatic heterocycles. The second-order valence-electron chi connectivity index (χ2n) is 2.87. The summed E-state index contributed by atoms with van der Waals surface area (Å²) in [7, 11) is 0. The molecular weight excluding hydrogens is 227 g/mol. The van der Waals surface area contributed by atoms with Crippen molar-refractivity contribution < 1.29 is 20.3 Å². The van der Waals surface area contributed by atoms with Gasteiger partial charge >= 0.3 is 98.6 Å². The number of ether oxygens (including phenoxy) is 1. The molecule has 1 rings (SSSR count). The van der Waals surface area contributed by atoms with Gasteiger partial charge in [-0.15, -0.1) is 0 Å². The van der Waals surface area contributed by atoms with Crippen molar-refractivity contribution in [1.29, 1.82) is 0 Å². The fourth-order valence-corrected chi connectivity index (χ4v) is 1.33. The van der Waals surface area contributed by atoms with E-state index in [1.807, 2.05) is 49.4 Å². The maximum atomic E-state index is 5.21. The van der Waals surface area contributed by atoms with Crippen LogP contribution in [0.4, 0.5) is 0 Å². The molecule has 0 amide bonds. The van der Waals surface area contributed by atoms with Crippen LogP contribution in [0.3, 0.4) is 0 Å². The molecule has 15 heavy (non-hydrogen) atoms. The number of rotatable bonds is 5. The van der Waals surface area contributed by atoms with Crippen molar-refractivity contribution in [2.24, 2.45) is 0 Å². The number of hydrogen-bond acceptors (Lipinski definition) is 1. The Balaban J connectivity index is 2.43. The molecule has 0 saturated carbocycles. The first-order chi connectivity index (χ1) is 7.33. The first-order valence-corrected chi connectivity index (χ1v) is 5.47.